The van der Waals surface area contributed by atoms with Gasteiger partial charge >= 0.3 is 0 Å². The van der Waals surface area contributed by atoms with Crippen LogP contribution in [0.1, 0.15) is 65.4 Å². The molecule has 0 saturated heterocycles. The zero-order valence-electron chi connectivity index (χ0n) is 26.0. The van der Waals surface area contributed by atoms with E-state index >= 15 is 0 Å². The topological polar surface area (TPSA) is 95.9 Å². The van der Waals surface area contributed by atoms with E-state index in [1.807, 2.05) is 42.7 Å². The molecule has 10 heteroatoms. The summed E-state index contributed by atoms with van der Waals surface area (Å²) in [5, 5.41) is 13.2. The fraction of sp³-hybridized carbons (Fsp3) is 0.472. The SMILES string of the molecule is C[C@H]1C/C=C/[C@H](O)[C@@H]2CC[C@H]2CN2C[C@@]3(CCCc4cc(Cl)ccc43)COc3ccc(cc32)C(=O)NS(=O)(=O)[C@H]1Cc1cccs1. The average Bonchev–Trinajstić information content (AvgIpc) is 3.47. The molecular weight excluding hydrogens is 640 g/mol. The quantitative estimate of drug-likeness (QED) is 0.299. The van der Waals surface area contributed by atoms with Crippen molar-refractivity contribution in [1.29, 1.82) is 0 Å². The third-order valence-corrected chi connectivity index (χ3v) is 13.8. The fourth-order valence-electron chi connectivity index (χ4n) is 8.04. The molecule has 1 amide bonds. The highest BCUT2D eigenvalue weighted by atomic mass is 35.5. The number of aryl methyl sites for hydroxylation is 1. The van der Waals surface area contributed by atoms with Crippen LogP contribution in [0.5, 0.6) is 5.75 Å². The first-order valence-corrected chi connectivity index (χ1v) is 19.2. The Labute approximate surface area is 280 Å². The number of carbonyl (C=O) groups excluding carboxylic acids is 1. The maximum Gasteiger partial charge on any atom is 0.264 e. The Morgan fingerprint density at radius 1 is 1.17 bits per heavy atom. The van der Waals surface area contributed by atoms with E-state index in [4.69, 9.17) is 16.3 Å². The van der Waals surface area contributed by atoms with E-state index in [1.54, 1.807) is 18.2 Å². The second kappa shape index (κ2) is 12.6. The first-order chi connectivity index (χ1) is 22.1. The number of sulfonamides is 1. The molecule has 1 spiro atoms. The molecule has 2 aliphatic carbocycles. The van der Waals surface area contributed by atoms with E-state index in [-0.39, 0.29) is 28.7 Å². The molecule has 2 aromatic carbocycles. The number of amides is 1. The summed E-state index contributed by atoms with van der Waals surface area (Å²) >= 11 is 7.92. The number of halogens is 1. The van der Waals surface area contributed by atoms with Crippen LogP contribution < -0.4 is 14.4 Å². The highest BCUT2D eigenvalue weighted by Gasteiger charge is 2.44. The van der Waals surface area contributed by atoms with Crippen LogP contribution >= 0.6 is 22.9 Å². The molecule has 46 heavy (non-hydrogen) atoms. The van der Waals surface area contributed by atoms with Crippen LogP contribution in [0.15, 0.2) is 66.1 Å². The molecule has 7 nitrogen and oxygen atoms in total. The molecule has 2 aliphatic heterocycles. The summed E-state index contributed by atoms with van der Waals surface area (Å²) in [5.41, 5.74) is 3.30. The van der Waals surface area contributed by atoms with Crippen molar-refractivity contribution in [1.82, 2.24) is 4.72 Å². The van der Waals surface area contributed by atoms with Gasteiger partial charge in [0.05, 0.1) is 23.6 Å². The smallest absolute Gasteiger partial charge is 0.264 e. The Hall–Kier alpha value is -2.85. The first kappa shape index (κ1) is 31.7. The number of benzene rings is 2. The Bertz CT molecular complexity index is 1740. The Kier molecular flexibility index (Phi) is 8.72. The number of carbonyl (C=O) groups is 1. The van der Waals surface area contributed by atoms with Crippen LogP contribution in [0.2, 0.25) is 5.02 Å². The van der Waals surface area contributed by atoms with Crippen LogP contribution in [0.4, 0.5) is 5.69 Å². The summed E-state index contributed by atoms with van der Waals surface area (Å²) in [7, 11) is -4.04. The molecule has 2 bridgehead atoms. The van der Waals surface area contributed by atoms with Gasteiger partial charge < -0.3 is 14.7 Å². The molecule has 4 aliphatic rings. The number of hydrogen-bond acceptors (Lipinski definition) is 7. The lowest BCUT2D eigenvalue weighted by atomic mass is 9.68. The zero-order chi connectivity index (χ0) is 32.1. The number of anilines is 1. The summed E-state index contributed by atoms with van der Waals surface area (Å²) in [6, 6.07) is 15.3. The van der Waals surface area contributed by atoms with Crippen molar-refractivity contribution >= 4 is 44.6 Å². The Balaban J connectivity index is 1.28. The molecule has 6 atom stereocenters. The van der Waals surface area contributed by atoms with Crippen LogP contribution in [0, 0.1) is 17.8 Å². The van der Waals surface area contributed by atoms with Crippen LogP contribution in [0.3, 0.4) is 0 Å². The fourth-order valence-corrected chi connectivity index (χ4v) is 10.8. The van der Waals surface area contributed by atoms with E-state index < -0.39 is 27.3 Å². The molecule has 3 aromatic rings. The highest BCUT2D eigenvalue weighted by molar-refractivity contribution is 7.90. The summed E-state index contributed by atoms with van der Waals surface area (Å²) in [5.74, 6) is 0.144. The van der Waals surface area contributed by atoms with Gasteiger partial charge in [-0.1, -0.05) is 42.8 Å². The zero-order valence-corrected chi connectivity index (χ0v) is 28.4. The van der Waals surface area contributed by atoms with Crippen LogP contribution in [0.25, 0.3) is 0 Å². The normalized spacial score (nSPS) is 31.4. The van der Waals surface area contributed by atoms with Gasteiger partial charge in [-0.15, -0.1) is 11.3 Å². The molecule has 0 unspecified atom stereocenters. The van der Waals surface area contributed by atoms with E-state index in [2.05, 4.69) is 21.8 Å². The van der Waals surface area contributed by atoms with Crippen LogP contribution in [-0.4, -0.2) is 50.5 Å². The maximum atomic E-state index is 13.9. The Morgan fingerprint density at radius 2 is 2.04 bits per heavy atom. The van der Waals surface area contributed by atoms with Gasteiger partial charge in [0, 0.05) is 40.4 Å². The number of nitrogens with one attached hydrogen (secondary N) is 1. The number of rotatable bonds is 2. The van der Waals surface area contributed by atoms with Crippen molar-refractivity contribution in [3.05, 3.63) is 92.7 Å². The number of aliphatic hydroxyl groups is 1. The van der Waals surface area contributed by atoms with Gasteiger partial charge in [-0.2, -0.15) is 0 Å². The molecule has 1 aromatic heterocycles. The lowest BCUT2D eigenvalue weighted by Gasteiger charge is -2.45. The van der Waals surface area contributed by atoms with Crippen molar-refractivity contribution in [3.63, 3.8) is 0 Å². The monoisotopic (exact) mass is 680 g/mol. The lowest BCUT2D eigenvalue weighted by Crippen LogP contribution is -2.49. The molecule has 0 radical (unpaired) electrons. The summed E-state index contributed by atoms with van der Waals surface area (Å²) < 4.78 is 36.7. The number of thiophene rings is 1. The third kappa shape index (κ3) is 6.12. The number of ether oxygens (including phenoxy) is 1. The minimum atomic E-state index is -4.04. The summed E-state index contributed by atoms with van der Waals surface area (Å²) in [6.07, 6.45) is 8.86. The number of allylic oxidation sites excluding steroid dienone is 1. The molecule has 7 rings (SSSR count). The molecular formula is C36H41ClN2O5S2. The second-order valence-electron chi connectivity index (χ2n) is 13.7. The van der Waals surface area contributed by atoms with Gasteiger partial charge in [0.25, 0.3) is 5.91 Å². The Morgan fingerprint density at radius 3 is 2.83 bits per heavy atom. The van der Waals surface area contributed by atoms with E-state index in [9.17, 15) is 18.3 Å². The van der Waals surface area contributed by atoms with Crippen molar-refractivity contribution in [3.8, 4) is 5.75 Å². The number of aliphatic hydroxyl groups excluding tert-OH is 1. The van der Waals surface area contributed by atoms with Gasteiger partial charge in [-0.25, -0.2) is 13.1 Å². The molecule has 2 N–H and O–H groups in total. The third-order valence-electron chi connectivity index (χ3n) is 10.8. The van der Waals surface area contributed by atoms with Gasteiger partial charge in [0.15, 0.2) is 0 Å². The minimum absolute atomic E-state index is 0.109. The van der Waals surface area contributed by atoms with Gasteiger partial charge in [0.1, 0.15) is 5.75 Å². The molecule has 1 fully saturated rings. The summed E-state index contributed by atoms with van der Waals surface area (Å²) in [6.45, 7) is 3.79. The van der Waals surface area contributed by atoms with Gasteiger partial charge in [-0.05, 0) is 109 Å². The van der Waals surface area contributed by atoms with Crippen molar-refractivity contribution in [2.75, 3.05) is 24.6 Å². The first-order valence-electron chi connectivity index (χ1n) is 16.4. The molecule has 1 saturated carbocycles. The van der Waals surface area contributed by atoms with Gasteiger partial charge in [0.2, 0.25) is 10.0 Å². The second-order valence-corrected chi connectivity index (χ2v) is 17.1. The average molecular weight is 681 g/mol. The lowest BCUT2D eigenvalue weighted by molar-refractivity contribution is 0.0456. The summed E-state index contributed by atoms with van der Waals surface area (Å²) in [4.78, 5) is 17.0. The molecule has 3 heterocycles. The maximum absolute atomic E-state index is 13.9. The van der Waals surface area contributed by atoms with E-state index in [1.165, 1.54) is 22.5 Å². The minimum Gasteiger partial charge on any atom is -0.490 e. The van der Waals surface area contributed by atoms with Crippen molar-refractivity contribution in [2.24, 2.45) is 17.8 Å². The van der Waals surface area contributed by atoms with Crippen molar-refractivity contribution in [2.45, 2.75) is 68.6 Å². The predicted molar refractivity (Wildman–Crippen MR) is 184 cm³/mol. The highest BCUT2D eigenvalue weighted by Crippen LogP contribution is 2.47. The van der Waals surface area contributed by atoms with E-state index in [0.717, 1.165) is 47.7 Å². The molecule has 244 valence electrons. The standard InChI is InChI=1S/C36H41ClN2O5S2/c1-23-5-2-8-32(40)29-12-9-26(29)20-39-21-36(15-3-6-24-17-27(37)11-13-30(24)36)22-44-33-14-10-25(18-31(33)39)35(41)38-46(42,43)34(23)19-28-7-4-16-45-28/h2,4,7-8,10-11,13-14,16-18,23,26,29,32,34,40H,3,5-6,9,12,15,19-22H2,1H3,(H,38,41)/b8-2+/t23-,26-,29+,32-,34-,36-/m0/s1. The van der Waals surface area contributed by atoms with Crippen LogP contribution in [-0.2, 0) is 28.3 Å². The predicted octanol–water partition coefficient (Wildman–Crippen LogP) is 6.53. The number of fused-ring (bicyclic) bond motifs is 4. The number of nitrogens with zero attached hydrogens (tertiary/aromatic N) is 1. The van der Waals surface area contributed by atoms with E-state index in [0.29, 0.717) is 38.3 Å². The van der Waals surface area contributed by atoms with Crippen molar-refractivity contribution < 1.29 is 23.1 Å². The largest absolute Gasteiger partial charge is 0.490 e. The number of hydrogen-bond donors (Lipinski definition) is 2. The van der Waals surface area contributed by atoms with Gasteiger partial charge in [-0.3, -0.25) is 4.79 Å².